The summed E-state index contributed by atoms with van der Waals surface area (Å²) >= 11 is 13.7. The fourth-order valence-electron chi connectivity index (χ4n) is 3.17. The second kappa shape index (κ2) is 21.8. The van der Waals surface area contributed by atoms with E-state index in [0.29, 0.717) is 36.5 Å². The van der Waals surface area contributed by atoms with Crippen LogP contribution >= 0.6 is 37.9 Å². The number of carbonyl (C=O) groups is 3. The van der Waals surface area contributed by atoms with Gasteiger partial charge in [0.2, 0.25) is 0 Å². The van der Waals surface area contributed by atoms with Crippen molar-refractivity contribution in [1.29, 1.82) is 0 Å². The van der Waals surface area contributed by atoms with Gasteiger partial charge in [-0.05, 0) is 53.2 Å². The molecule has 0 aliphatic heterocycles. The van der Waals surface area contributed by atoms with E-state index >= 15 is 0 Å². The molecule has 0 aliphatic rings. The summed E-state index contributed by atoms with van der Waals surface area (Å²) < 4.78 is 0. The van der Waals surface area contributed by atoms with Crippen LogP contribution in [0.15, 0.2) is 72.8 Å². The van der Waals surface area contributed by atoms with Crippen LogP contribution in [-0.4, -0.2) is 57.7 Å². The van der Waals surface area contributed by atoms with Gasteiger partial charge in [0, 0.05) is 16.7 Å². The van der Waals surface area contributed by atoms with Gasteiger partial charge in [-0.15, -0.1) is 0 Å². The number of rotatable bonds is 9. The van der Waals surface area contributed by atoms with Crippen molar-refractivity contribution in [3.63, 3.8) is 0 Å². The average molecular weight is 677 g/mol. The Labute approximate surface area is 254 Å². The number of carboxylic acid groups (broad SMARTS) is 3. The van der Waals surface area contributed by atoms with E-state index in [4.69, 9.17) is 0 Å². The Morgan fingerprint density at radius 2 is 0.737 bits per heavy atom. The van der Waals surface area contributed by atoms with Crippen molar-refractivity contribution < 1.29 is 29.7 Å². The number of thiol groups is 3. The average Bonchev–Trinajstić information content (AvgIpc) is 2.92. The number of aromatic carboxylic acids is 3. The van der Waals surface area contributed by atoms with Crippen molar-refractivity contribution in [3.8, 4) is 0 Å². The molecule has 0 fully saturated rings. The van der Waals surface area contributed by atoms with Crippen LogP contribution in [0.2, 0.25) is 4.94 Å². The summed E-state index contributed by atoms with van der Waals surface area (Å²) in [6.07, 6.45) is 1.98. The second-order valence-electron chi connectivity index (χ2n) is 7.25. The molecule has 10 heteroatoms. The molecular formula is C28H30O6S3Sn. The third kappa shape index (κ3) is 13.6. The zero-order valence-corrected chi connectivity index (χ0v) is 26.5. The Morgan fingerprint density at radius 1 is 0.526 bits per heavy atom. The van der Waals surface area contributed by atoms with E-state index in [1.54, 1.807) is 77.1 Å². The van der Waals surface area contributed by atoms with Crippen molar-refractivity contribution in [2.45, 2.75) is 24.2 Å². The molecule has 38 heavy (non-hydrogen) atoms. The van der Waals surface area contributed by atoms with Crippen LogP contribution in [0, 0.1) is 0 Å². The summed E-state index contributed by atoms with van der Waals surface area (Å²) in [5, 5.41) is 31.7. The Kier molecular flexibility index (Phi) is 20.6. The molecule has 3 rings (SSSR count). The number of hydrogen-bond acceptors (Lipinski definition) is 9. The van der Waals surface area contributed by atoms with Crippen LogP contribution in [0.1, 0.15) is 47.8 Å². The fraction of sp³-hybridized carbons (Fsp3) is 0.250. The van der Waals surface area contributed by atoms with Gasteiger partial charge in [0.15, 0.2) is 0 Å². The summed E-state index contributed by atoms with van der Waals surface area (Å²) in [6.45, 7) is 0. The zero-order valence-electron chi connectivity index (χ0n) is 21.0. The maximum atomic E-state index is 10.6. The van der Waals surface area contributed by atoms with E-state index in [1.807, 2.05) is 18.2 Å². The Morgan fingerprint density at radius 3 is 0.921 bits per heavy atom. The topological polar surface area (TPSA) is 120 Å². The van der Waals surface area contributed by atoms with Crippen LogP contribution in [0.4, 0.5) is 0 Å². The van der Waals surface area contributed by atoms with E-state index in [9.17, 15) is 29.7 Å². The summed E-state index contributed by atoms with van der Waals surface area (Å²) in [4.78, 5) is 33.8. The Hall–Kier alpha value is -2.08. The normalized spacial score (nSPS) is 9.42. The molecule has 3 aromatic rings. The first kappa shape index (κ1) is 35.9. The van der Waals surface area contributed by atoms with Gasteiger partial charge in [-0.2, -0.15) is 37.9 Å². The monoisotopic (exact) mass is 678 g/mol. The molecule has 0 bridgehead atoms. The van der Waals surface area contributed by atoms with Crippen LogP contribution in [0.5, 0.6) is 0 Å². The van der Waals surface area contributed by atoms with Crippen molar-refractivity contribution in [3.05, 3.63) is 106 Å². The van der Waals surface area contributed by atoms with Crippen LogP contribution < -0.4 is 15.3 Å². The van der Waals surface area contributed by atoms with Gasteiger partial charge in [-0.1, -0.05) is 72.8 Å². The third-order valence-electron chi connectivity index (χ3n) is 4.86. The van der Waals surface area contributed by atoms with Crippen molar-refractivity contribution >= 4 is 78.3 Å². The number of benzene rings is 3. The molecule has 6 nitrogen and oxygen atoms in total. The Balaban J connectivity index is 0.000000523. The summed E-state index contributed by atoms with van der Waals surface area (Å²) in [5.74, 6) is -1.43. The van der Waals surface area contributed by atoms with Crippen molar-refractivity contribution in [2.75, 3.05) is 17.3 Å². The molecule has 0 amide bonds. The molecular weight excluding hydrogens is 647 g/mol. The molecule has 200 valence electrons. The van der Waals surface area contributed by atoms with E-state index in [0.717, 1.165) is 16.7 Å². The van der Waals surface area contributed by atoms with Gasteiger partial charge in [0.25, 0.3) is 0 Å². The Bertz CT molecular complexity index is 999. The van der Waals surface area contributed by atoms with E-state index in [2.05, 4.69) is 42.8 Å². The van der Waals surface area contributed by atoms with Crippen molar-refractivity contribution in [2.24, 2.45) is 0 Å². The van der Waals surface area contributed by atoms with Crippen LogP contribution in [0.3, 0.4) is 0 Å². The van der Waals surface area contributed by atoms with Gasteiger partial charge in [-0.3, -0.25) is 0 Å². The first-order chi connectivity index (χ1) is 18.3. The molecule has 0 aromatic heterocycles. The first-order valence-electron chi connectivity index (χ1n) is 11.5. The molecule has 0 unspecified atom stereocenters. The van der Waals surface area contributed by atoms with Gasteiger partial charge >= 0.3 is 27.5 Å². The number of carbonyl (C=O) groups excluding carboxylic acids is 3. The van der Waals surface area contributed by atoms with E-state index < -0.39 is 17.9 Å². The van der Waals surface area contributed by atoms with Gasteiger partial charge in [-0.25, -0.2) is 0 Å². The molecule has 3 aromatic carbocycles. The number of aryl methyl sites for hydroxylation is 3. The molecule has 0 saturated carbocycles. The predicted octanol–water partition coefficient (Wildman–Crippen LogP) is 1.77. The molecule has 0 N–H and O–H groups in total. The predicted molar refractivity (Wildman–Crippen MR) is 157 cm³/mol. The molecule has 0 saturated heterocycles. The minimum atomic E-state index is -1.12. The molecule has 0 heterocycles. The third-order valence-corrected chi connectivity index (χ3v) is 5.53. The zero-order chi connectivity index (χ0) is 28.9. The summed E-state index contributed by atoms with van der Waals surface area (Å²) in [7, 11) is 0. The van der Waals surface area contributed by atoms with Crippen molar-refractivity contribution in [1.82, 2.24) is 0 Å². The second-order valence-corrected chi connectivity index (χ2v) is 8.60. The van der Waals surface area contributed by atoms with Gasteiger partial charge in [0.1, 0.15) is 0 Å². The standard InChI is InChI=1S/3C9H10O2S.CH3.Sn/c3*10-9(11)8-4-2-1-3-7(8)5-6-12;;/h3*1-4,12H,5-6H2,(H,10,11);1H3;/q;;;;+3/p-3. The first-order valence-corrected chi connectivity index (χ1v) is 16.2. The quantitative estimate of drug-likeness (QED) is 0.235. The van der Waals surface area contributed by atoms with Crippen LogP contribution in [0.25, 0.3) is 0 Å². The number of hydrogen-bond donors (Lipinski definition) is 3. The van der Waals surface area contributed by atoms with Crippen LogP contribution in [-0.2, 0) is 19.3 Å². The molecule has 0 atom stereocenters. The number of carboxylic acids is 3. The molecule has 0 aliphatic carbocycles. The van der Waals surface area contributed by atoms with E-state index in [-0.39, 0.29) is 16.7 Å². The maximum absolute atomic E-state index is 10.6. The summed E-state index contributed by atoms with van der Waals surface area (Å²) in [6, 6.07) is 20.5. The SMILES string of the molecule is O=C([O-])c1ccccc1CCS.O=C([O-])c1ccccc1CCS.O=C([O-])c1ccccc1CCS.[CH3][Sn+3]. The van der Waals surface area contributed by atoms with E-state index in [1.165, 1.54) is 0 Å². The molecule has 0 radical (unpaired) electrons. The summed E-state index contributed by atoms with van der Waals surface area (Å²) in [5.41, 5.74) is 3.16. The fourth-order valence-corrected chi connectivity index (χ4v) is 3.90. The van der Waals surface area contributed by atoms with Gasteiger partial charge < -0.3 is 29.7 Å². The van der Waals surface area contributed by atoms with Gasteiger partial charge in [0.05, 0.1) is 17.9 Å². The minimum absolute atomic E-state index is 0.270. The molecule has 0 spiro atoms.